The van der Waals surface area contributed by atoms with E-state index < -0.39 is 17.1 Å². The Bertz CT molecular complexity index is 2000. The zero-order valence-electron chi connectivity index (χ0n) is 29.9. The summed E-state index contributed by atoms with van der Waals surface area (Å²) in [5.41, 5.74) is 2.91. The average molecular weight is 780 g/mol. The number of halogens is 3. The number of rotatable bonds is 12. The van der Waals surface area contributed by atoms with Crippen molar-refractivity contribution in [1.82, 2.24) is 5.32 Å². The maximum atomic E-state index is 13.8. The SMILES string of the molecule is CCC(C)(C)c1ccc(OCC(=O)Nc2cccc(C(=O)NC3=NN(c4c(Cl)cc(Cl)cc4Cl)C(=O)C3Sc3ccccc3)c2)c(C(C)(C)CC)c1. The zero-order chi connectivity index (χ0) is 37.8. The van der Waals surface area contributed by atoms with Crippen molar-refractivity contribution in [1.29, 1.82) is 0 Å². The number of nitrogens with zero attached hydrogens (tertiary/aromatic N) is 2. The fourth-order valence-corrected chi connectivity index (χ4v) is 7.42. The van der Waals surface area contributed by atoms with Gasteiger partial charge < -0.3 is 15.4 Å². The lowest BCUT2D eigenvalue weighted by Gasteiger charge is -2.30. The highest BCUT2D eigenvalue weighted by Crippen LogP contribution is 2.41. The van der Waals surface area contributed by atoms with Gasteiger partial charge in [0.2, 0.25) is 0 Å². The Balaban J connectivity index is 1.32. The molecule has 52 heavy (non-hydrogen) atoms. The van der Waals surface area contributed by atoms with Crippen molar-refractivity contribution in [3.05, 3.63) is 117 Å². The summed E-state index contributed by atoms with van der Waals surface area (Å²) in [5.74, 6) is -0.614. The van der Waals surface area contributed by atoms with Crippen molar-refractivity contribution >= 4 is 81.5 Å². The van der Waals surface area contributed by atoms with Crippen molar-refractivity contribution in [2.75, 3.05) is 16.9 Å². The maximum Gasteiger partial charge on any atom is 0.268 e. The summed E-state index contributed by atoms with van der Waals surface area (Å²) in [6.45, 7) is 12.9. The molecule has 0 aromatic heterocycles. The number of hydrazone groups is 1. The first-order chi connectivity index (χ1) is 24.6. The Morgan fingerprint density at radius 2 is 1.52 bits per heavy atom. The van der Waals surface area contributed by atoms with Gasteiger partial charge in [-0.25, -0.2) is 0 Å². The van der Waals surface area contributed by atoms with Gasteiger partial charge in [0, 0.05) is 26.7 Å². The van der Waals surface area contributed by atoms with Crippen LogP contribution in [0, 0.1) is 0 Å². The lowest BCUT2D eigenvalue weighted by molar-refractivity contribution is -0.118. The van der Waals surface area contributed by atoms with Crippen LogP contribution in [0.4, 0.5) is 11.4 Å². The quantitative estimate of drug-likeness (QED) is 0.149. The highest BCUT2D eigenvalue weighted by Gasteiger charge is 2.40. The van der Waals surface area contributed by atoms with Gasteiger partial charge in [-0.1, -0.05) is 113 Å². The summed E-state index contributed by atoms with van der Waals surface area (Å²) in [6.07, 6.45) is 1.89. The minimum Gasteiger partial charge on any atom is -0.483 e. The molecule has 1 atom stereocenters. The Hall–Kier alpha value is -4.02. The fraction of sp³-hybridized carbons (Fsp3) is 0.300. The van der Waals surface area contributed by atoms with E-state index in [0.29, 0.717) is 16.5 Å². The number of benzene rings is 4. The number of thioether (sulfide) groups is 1. The molecule has 0 saturated carbocycles. The molecule has 0 bridgehead atoms. The molecule has 0 spiro atoms. The first-order valence-electron chi connectivity index (χ1n) is 16.9. The molecule has 0 radical (unpaired) electrons. The zero-order valence-corrected chi connectivity index (χ0v) is 32.9. The van der Waals surface area contributed by atoms with Gasteiger partial charge in [-0.15, -0.1) is 16.9 Å². The maximum absolute atomic E-state index is 13.8. The predicted molar refractivity (Wildman–Crippen MR) is 214 cm³/mol. The molecule has 1 aliphatic heterocycles. The van der Waals surface area contributed by atoms with Gasteiger partial charge in [0.05, 0.1) is 10.0 Å². The van der Waals surface area contributed by atoms with Gasteiger partial charge in [0.25, 0.3) is 17.7 Å². The molecular weight excluding hydrogens is 739 g/mol. The molecule has 0 saturated heterocycles. The van der Waals surface area contributed by atoms with Gasteiger partial charge in [-0.3, -0.25) is 14.4 Å². The third-order valence-electron chi connectivity index (χ3n) is 9.35. The second kappa shape index (κ2) is 16.3. The van der Waals surface area contributed by atoms with E-state index in [1.165, 1.54) is 29.5 Å². The molecule has 1 unspecified atom stereocenters. The first-order valence-corrected chi connectivity index (χ1v) is 18.9. The van der Waals surface area contributed by atoms with Crippen LogP contribution in [-0.4, -0.2) is 35.4 Å². The molecule has 5 rings (SSSR count). The van der Waals surface area contributed by atoms with E-state index in [2.05, 4.69) is 69.4 Å². The lowest BCUT2D eigenvalue weighted by atomic mass is 9.76. The second-order valence-electron chi connectivity index (χ2n) is 13.7. The molecule has 1 aliphatic rings. The number of carbonyl (C=O) groups is 3. The minimum absolute atomic E-state index is 0.00480. The van der Waals surface area contributed by atoms with Crippen LogP contribution >= 0.6 is 46.6 Å². The molecule has 0 aliphatic carbocycles. The Morgan fingerprint density at radius 1 is 0.846 bits per heavy atom. The second-order valence-corrected chi connectivity index (χ2v) is 16.2. The summed E-state index contributed by atoms with van der Waals surface area (Å²) >= 11 is 20.2. The highest BCUT2D eigenvalue weighted by atomic mass is 35.5. The third-order valence-corrected chi connectivity index (χ3v) is 11.3. The molecule has 0 fully saturated rings. The summed E-state index contributed by atoms with van der Waals surface area (Å²) in [5, 5.41) is 10.8. The summed E-state index contributed by atoms with van der Waals surface area (Å²) in [7, 11) is 0. The number of hydrogen-bond acceptors (Lipinski definition) is 6. The van der Waals surface area contributed by atoms with Crippen molar-refractivity contribution in [2.45, 2.75) is 75.4 Å². The van der Waals surface area contributed by atoms with Crippen molar-refractivity contribution in [3.8, 4) is 5.75 Å². The molecule has 2 N–H and O–H groups in total. The number of hydrogen-bond donors (Lipinski definition) is 2. The Morgan fingerprint density at radius 3 is 2.17 bits per heavy atom. The van der Waals surface area contributed by atoms with Crippen LogP contribution in [0.2, 0.25) is 15.1 Å². The summed E-state index contributed by atoms with van der Waals surface area (Å²) in [6, 6.07) is 24.9. The molecule has 272 valence electrons. The van der Waals surface area contributed by atoms with Gasteiger partial charge in [0.1, 0.15) is 11.4 Å². The van der Waals surface area contributed by atoms with E-state index in [9.17, 15) is 14.4 Å². The van der Waals surface area contributed by atoms with E-state index >= 15 is 0 Å². The fourth-order valence-electron chi connectivity index (χ4n) is 5.43. The van der Waals surface area contributed by atoms with Crippen LogP contribution in [0.5, 0.6) is 5.75 Å². The number of ether oxygens (including phenoxy) is 1. The van der Waals surface area contributed by atoms with Crippen molar-refractivity contribution < 1.29 is 19.1 Å². The van der Waals surface area contributed by atoms with E-state index in [4.69, 9.17) is 39.5 Å². The monoisotopic (exact) mass is 778 g/mol. The number of amides is 3. The topological polar surface area (TPSA) is 100 Å². The summed E-state index contributed by atoms with van der Waals surface area (Å²) in [4.78, 5) is 41.3. The average Bonchev–Trinajstić information content (AvgIpc) is 3.40. The minimum atomic E-state index is -0.918. The van der Waals surface area contributed by atoms with E-state index in [0.717, 1.165) is 28.3 Å². The largest absolute Gasteiger partial charge is 0.483 e. The molecule has 8 nitrogen and oxygen atoms in total. The number of nitrogens with one attached hydrogen (secondary N) is 2. The third kappa shape index (κ3) is 8.94. The standard InChI is InChI=1S/C40H41Cl3N4O4S/c1-7-39(3,4)25-17-18-32(29(20-25)40(5,6)8-2)51-23-33(48)44-27-14-12-13-24(19-27)37(49)45-36-35(52-28-15-10-9-11-16-28)38(50)47(46-36)34-30(42)21-26(41)22-31(34)43/h9-22,35H,7-8,23H2,1-6H3,(H,44,48)(H,45,46,49). The van der Waals surface area contributed by atoms with Crippen LogP contribution in [-0.2, 0) is 20.4 Å². The molecule has 12 heteroatoms. The molecular formula is C40H41Cl3N4O4S. The predicted octanol–water partition coefficient (Wildman–Crippen LogP) is 10.3. The van der Waals surface area contributed by atoms with E-state index in [1.807, 2.05) is 36.4 Å². The van der Waals surface area contributed by atoms with Crippen LogP contribution in [0.15, 0.2) is 94.9 Å². The number of amidine groups is 1. The van der Waals surface area contributed by atoms with Crippen LogP contribution in [0.1, 0.15) is 75.9 Å². The van der Waals surface area contributed by atoms with Gasteiger partial charge in [-0.2, -0.15) is 5.01 Å². The smallest absolute Gasteiger partial charge is 0.268 e. The lowest BCUT2D eigenvalue weighted by Crippen LogP contribution is -2.38. The van der Waals surface area contributed by atoms with Crippen molar-refractivity contribution in [2.24, 2.45) is 5.10 Å². The van der Waals surface area contributed by atoms with Gasteiger partial charge in [0.15, 0.2) is 17.7 Å². The van der Waals surface area contributed by atoms with Crippen LogP contribution < -0.4 is 20.4 Å². The summed E-state index contributed by atoms with van der Waals surface area (Å²) < 4.78 is 6.10. The normalized spacial score (nSPS) is 14.6. The highest BCUT2D eigenvalue weighted by molar-refractivity contribution is 8.01. The first kappa shape index (κ1) is 39.2. The molecule has 4 aromatic rings. The van der Waals surface area contributed by atoms with Gasteiger partial charge in [-0.05, 0) is 77.8 Å². The van der Waals surface area contributed by atoms with Gasteiger partial charge >= 0.3 is 0 Å². The Labute approximate surface area is 324 Å². The molecule has 1 heterocycles. The Kier molecular flexibility index (Phi) is 12.3. The molecule has 4 aromatic carbocycles. The van der Waals surface area contributed by atoms with Crippen molar-refractivity contribution in [3.63, 3.8) is 0 Å². The van der Waals surface area contributed by atoms with Crippen LogP contribution in [0.25, 0.3) is 0 Å². The molecule has 3 amide bonds. The van der Waals surface area contributed by atoms with E-state index in [-0.39, 0.29) is 50.5 Å². The number of carbonyl (C=O) groups excluding carboxylic acids is 3. The number of anilines is 2. The van der Waals surface area contributed by atoms with E-state index in [1.54, 1.807) is 24.3 Å². The van der Waals surface area contributed by atoms with Crippen LogP contribution in [0.3, 0.4) is 0 Å².